The molecule has 0 heterocycles. The van der Waals surface area contributed by atoms with Gasteiger partial charge in [-0.1, -0.05) is 50.6 Å². The summed E-state index contributed by atoms with van der Waals surface area (Å²) in [4.78, 5) is 2.50. The third-order valence-electron chi connectivity index (χ3n) is 4.98. The average molecular weight is 288 g/mol. The molecular formula is C19H32N2. The van der Waals surface area contributed by atoms with Crippen LogP contribution in [0.4, 0.5) is 0 Å². The molecular weight excluding hydrogens is 256 g/mol. The normalized spacial score (nSPS) is 26.2. The van der Waals surface area contributed by atoms with Crippen LogP contribution < -0.4 is 5.32 Å². The van der Waals surface area contributed by atoms with Crippen molar-refractivity contribution >= 4 is 0 Å². The Morgan fingerprint density at radius 3 is 2.57 bits per heavy atom. The van der Waals surface area contributed by atoms with Gasteiger partial charge in [0.2, 0.25) is 0 Å². The van der Waals surface area contributed by atoms with E-state index in [1.807, 2.05) is 0 Å². The first-order valence-electron chi connectivity index (χ1n) is 8.68. The highest BCUT2D eigenvalue weighted by Gasteiger charge is 2.29. The molecule has 1 aliphatic rings. The first-order valence-corrected chi connectivity index (χ1v) is 8.68. The number of nitrogens with zero attached hydrogens (tertiary/aromatic N) is 1. The first kappa shape index (κ1) is 16.5. The van der Waals surface area contributed by atoms with Crippen molar-refractivity contribution in [3.8, 4) is 0 Å². The highest BCUT2D eigenvalue weighted by molar-refractivity contribution is 5.14. The van der Waals surface area contributed by atoms with Crippen LogP contribution in [0.25, 0.3) is 0 Å². The summed E-state index contributed by atoms with van der Waals surface area (Å²) in [6.07, 6.45) is 5.51. The molecule has 21 heavy (non-hydrogen) atoms. The number of nitrogens with one attached hydrogen (secondary N) is 1. The number of rotatable bonds is 7. The van der Waals surface area contributed by atoms with E-state index in [-0.39, 0.29) is 0 Å². The van der Waals surface area contributed by atoms with Gasteiger partial charge >= 0.3 is 0 Å². The molecule has 3 unspecified atom stereocenters. The van der Waals surface area contributed by atoms with Crippen LogP contribution in [-0.4, -0.2) is 31.1 Å². The van der Waals surface area contributed by atoms with Crippen LogP contribution in [0, 0.1) is 11.8 Å². The molecule has 1 aromatic carbocycles. The Morgan fingerprint density at radius 1 is 1.14 bits per heavy atom. The van der Waals surface area contributed by atoms with Gasteiger partial charge in [0.25, 0.3) is 0 Å². The molecule has 0 amide bonds. The average Bonchev–Trinajstić information content (AvgIpc) is 2.50. The molecule has 2 heteroatoms. The molecule has 1 fully saturated rings. The van der Waals surface area contributed by atoms with Crippen LogP contribution in [0.15, 0.2) is 30.3 Å². The van der Waals surface area contributed by atoms with Gasteiger partial charge in [-0.05, 0) is 50.3 Å². The summed E-state index contributed by atoms with van der Waals surface area (Å²) in [5, 5.41) is 3.72. The van der Waals surface area contributed by atoms with E-state index in [1.165, 1.54) is 37.8 Å². The Balaban J connectivity index is 1.90. The van der Waals surface area contributed by atoms with E-state index >= 15 is 0 Å². The maximum Gasteiger partial charge on any atom is 0.0230 e. The fourth-order valence-electron chi connectivity index (χ4n) is 3.82. The van der Waals surface area contributed by atoms with Gasteiger partial charge in [-0.3, -0.25) is 0 Å². The Kier molecular flexibility index (Phi) is 6.72. The quantitative estimate of drug-likeness (QED) is 0.818. The minimum Gasteiger partial charge on any atom is -0.314 e. The smallest absolute Gasteiger partial charge is 0.0230 e. The van der Waals surface area contributed by atoms with E-state index in [0.29, 0.717) is 0 Å². The lowest BCUT2D eigenvalue weighted by Crippen LogP contribution is -2.45. The molecule has 0 spiro atoms. The van der Waals surface area contributed by atoms with E-state index in [1.54, 1.807) is 0 Å². The van der Waals surface area contributed by atoms with Gasteiger partial charge in [0, 0.05) is 19.1 Å². The van der Waals surface area contributed by atoms with Crippen molar-refractivity contribution in [3.63, 3.8) is 0 Å². The number of benzene rings is 1. The molecule has 1 aliphatic carbocycles. The molecule has 118 valence electrons. The molecule has 0 bridgehead atoms. The third-order valence-corrected chi connectivity index (χ3v) is 4.98. The summed E-state index contributed by atoms with van der Waals surface area (Å²) < 4.78 is 0. The van der Waals surface area contributed by atoms with Crippen LogP contribution in [0.2, 0.25) is 0 Å². The maximum absolute atomic E-state index is 3.72. The number of hydrogen-bond acceptors (Lipinski definition) is 2. The number of hydrogen-bond donors (Lipinski definition) is 1. The zero-order chi connectivity index (χ0) is 15.1. The molecule has 1 saturated carbocycles. The van der Waals surface area contributed by atoms with E-state index < -0.39 is 0 Å². The highest BCUT2D eigenvalue weighted by Crippen LogP contribution is 2.32. The molecule has 2 nitrogen and oxygen atoms in total. The lowest BCUT2D eigenvalue weighted by Gasteiger charge is -2.38. The van der Waals surface area contributed by atoms with Crippen LogP contribution in [-0.2, 0) is 6.54 Å². The molecule has 1 aromatic rings. The summed E-state index contributed by atoms with van der Waals surface area (Å²) in [6.45, 7) is 7.95. The SMILES string of the molecule is CCNC1CCC(CC)CC1CN(C)Cc1ccccc1. The molecule has 3 atom stereocenters. The zero-order valence-corrected chi connectivity index (χ0v) is 14.0. The lowest BCUT2D eigenvalue weighted by atomic mass is 9.76. The predicted molar refractivity (Wildman–Crippen MR) is 91.4 cm³/mol. The van der Waals surface area contributed by atoms with Crippen molar-refractivity contribution in [1.82, 2.24) is 10.2 Å². The summed E-state index contributed by atoms with van der Waals surface area (Å²) in [5.74, 6) is 1.74. The van der Waals surface area contributed by atoms with Gasteiger partial charge in [0.1, 0.15) is 0 Å². The second kappa shape index (κ2) is 8.55. The largest absolute Gasteiger partial charge is 0.314 e. The summed E-state index contributed by atoms with van der Waals surface area (Å²) in [6, 6.07) is 11.5. The van der Waals surface area contributed by atoms with E-state index in [4.69, 9.17) is 0 Å². The summed E-state index contributed by atoms with van der Waals surface area (Å²) in [7, 11) is 2.27. The van der Waals surface area contributed by atoms with Crippen molar-refractivity contribution in [1.29, 1.82) is 0 Å². The topological polar surface area (TPSA) is 15.3 Å². The van der Waals surface area contributed by atoms with Gasteiger partial charge in [0.15, 0.2) is 0 Å². The Morgan fingerprint density at radius 2 is 1.90 bits per heavy atom. The van der Waals surface area contributed by atoms with Crippen molar-refractivity contribution in [3.05, 3.63) is 35.9 Å². The van der Waals surface area contributed by atoms with Crippen LogP contribution in [0.1, 0.15) is 45.1 Å². The first-order chi connectivity index (χ1) is 10.2. The second-order valence-corrected chi connectivity index (χ2v) is 6.69. The van der Waals surface area contributed by atoms with Gasteiger partial charge in [-0.2, -0.15) is 0 Å². The van der Waals surface area contributed by atoms with Crippen molar-refractivity contribution in [2.75, 3.05) is 20.1 Å². The van der Waals surface area contributed by atoms with Gasteiger partial charge in [0.05, 0.1) is 0 Å². The van der Waals surface area contributed by atoms with Gasteiger partial charge in [-0.25, -0.2) is 0 Å². The van der Waals surface area contributed by atoms with E-state index in [2.05, 4.69) is 61.4 Å². The fraction of sp³-hybridized carbons (Fsp3) is 0.684. The standard InChI is InChI=1S/C19H32N2/c1-4-16-11-12-19(20-5-2)18(13-16)15-21(3)14-17-9-7-6-8-10-17/h6-10,16,18-20H,4-5,11-15H2,1-3H3. The molecule has 1 N–H and O–H groups in total. The van der Waals surface area contributed by atoms with E-state index in [9.17, 15) is 0 Å². The van der Waals surface area contributed by atoms with E-state index in [0.717, 1.165) is 31.0 Å². The summed E-state index contributed by atoms with van der Waals surface area (Å²) in [5.41, 5.74) is 1.42. The maximum atomic E-state index is 3.72. The van der Waals surface area contributed by atoms with Crippen molar-refractivity contribution in [2.45, 2.75) is 52.1 Å². The van der Waals surface area contributed by atoms with Crippen molar-refractivity contribution < 1.29 is 0 Å². The minimum atomic E-state index is 0.719. The molecule has 0 aliphatic heterocycles. The fourth-order valence-corrected chi connectivity index (χ4v) is 3.82. The third kappa shape index (κ3) is 5.12. The Hall–Kier alpha value is -0.860. The predicted octanol–water partition coefficient (Wildman–Crippen LogP) is 3.92. The zero-order valence-electron chi connectivity index (χ0n) is 14.0. The highest BCUT2D eigenvalue weighted by atomic mass is 15.1. The molecule has 0 saturated heterocycles. The van der Waals surface area contributed by atoms with Gasteiger partial charge in [-0.15, -0.1) is 0 Å². The molecule has 0 radical (unpaired) electrons. The van der Waals surface area contributed by atoms with Gasteiger partial charge < -0.3 is 10.2 Å². The minimum absolute atomic E-state index is 0.719. The molecule has 2 rings (SSSR count). The second-order valence-electron chi connectivity index (χ2n) is 6.69. The van der Waals surface area contributed by atoms with Crippen LogP contribution in [0.5, 0.6) is 0 Å². The van der Waals surface area contributed by atoms with Crippen LogP contribution >= 0.6 is 0 Å². The Bertz CT molecular complexity index is 390. The van der Waals surface area contributed by atoms with Crippen LogP contribution in [0.3, 0.4) is 0 Å². The summed E-state index contributed by atoms with van der Waals surface area (Å²) >= 11 is 0. The monoisotopic (exact) mass is 288 g/mol. The molecule has 0 aromatic heterocycles. The Labute approximate surface area is 130 Å². The van der Waals surface area contributed by atoms with Crippen molar-refractivity contribution in [2.24, 2.45) is 11.8 Å². The lowest BCUT2D eigenvalue weighted by molar-refractivity contribution is 0.150.